The first-order valence-electron chi connectivity index (χ1n) is 7.19. The van der Waals surface area contributed by atoms with E-state index in [-0.39, 0.29) is 16.8 Å². The van der Waals surface area contributed by atoms with Crippen LogP contribution in [0.4, 0.5) is 0 Å². The highest BCUT2D eigenvalue weighted by atomic mass is 79.9. The molecule has 2 aromatic rings. The third-order valence-electron chi connectivity index (χ3n) is 3.79. The van der Waals surface area contributed by atoms with Crippen LogP contribution in [0.1, 0.15) is 28.2 Å². The zero-order chi connectivity index (χ0) is 18.1. The molecular formula is C16H19BrN2O3S2. The second kappa shape index (κ2) is 7.35. The molecule has 2 rings (SSSR count). The highest BCUT2D eigenvalue weighted by Gasteiger charge is 2.25. The number of hydrogen-bond acceptors (Lipinski definition) is 4. The number of thiophene rings is 1. The minimum absolute atomic E-state index is 0.0792. The number of hydrogen-bond donors (Lipinski definition) is 0. The zero-order valence-corrected chi connectivity index (χ0v) is 17.1. The van der Waals surface area contributed by atoms with Crippen molar-refractivity contribution in [2.75, 3.05) is 21.1 Å². The van der Waals surface area contributed by atoms with Crippen molar-refractivity contribution in [1.29, 1.82) is 0 Å². The Labute approximate surface area is 155 Å². The molecule has 0 aliphatic carbocycles. The molecule has 1 unspecified atom stereocenters. The standard InChI is InChI=1S/C16H19BrN2O3S2/c1-11(14-6-5-9-23-14)19(4)16(20)12-7-8-13(17)15(10-12)24(21,22)18(2)3/h5-11H,1-4H3. The lowest BCUT2D eigenvalue weighted by molar-refractivity contribution is 0.0744. The van der Waals surface area contributed by atoms with Gasteiger partial charge in [0.1, 0.15) is 0 Å². The summed E-state index contributed by atoms with van der Waals surface area (Å²) in [5.41, 5.74) is 0.338. The molecule has 5 nitrogen and oxygen atoms in total. The van der Waals surface area contributed by atoms with E-state index < -0.39 is 10.0 Å². The molecule has 0 aliphatic rings. The van der Waals surface area contributed by atoms with Crippen LogP contribution in [0, 0.1) is 0 Å². The minimum Gasteiger partial charge on any atom is -0.334 e. The Morgan fingerprint density at radius 1 is 1.21 bits per heavy atom. The quantitative estimate of drug-likeness (QED) is 0.727. The van der Waals surface area contributed by atoms with Crippen LogP contribution >= 0.6 is 27.3 Å². The maximum Gasteiger partial charge on any atom is 0.254 e. The fourth-order valence-corrected chi connectivity index (χ4v) is 4.80. The van der Waals surface area contributed by atoms with Crippen LogP contribution in [0.3, 0.4) is 0 Å². The van der Waals surface area contributed by atoms with E-state index in [4.69, 9.17) is 0 Å². The van der Waals surface area contributed by atoms with E-state index in [0.717, 1.165) is 9.18 Å². The van der Waals surface area contributed by atoms with Gasteiger partial charge in [-0.2, -0.15) is 0 Å². The normalized spacial score (nSPS) is 13.1. The molecule has 1 aromatic carbocycles. The Morgan fingerprint density at radius 3 is 2.42 bits per heavy atom. The van der Waals surface area contributed by atoms with E-state index >= 15 is 0 Å². The van der Waals surface area contributed by atoms with Gasteiger partial charge in [0.25, 0.3) is 5.91 Å². The number of amides is 1. The number of sulfonamides is 1. The van der Waals surface area contributed by atoms with Crippen molar-refractivity contribution in [2.45, 2.75) is 17.9 Å². The monoisotopic (exact) mass is 430 g/mol. The highest BCUT2D eigenvalue weighted by molar-refractivity contribution is 9.10. The smallest absolute Gasteiger partial charge is 0.254 e. The second-order valence-corrected chi connectivity index (χ2v) is 9.49. The van der Waals surface area contributed by atoms with Gasteiger partial charge in [-0.05, 0) is 52.5 Å². The lowest BCUT2D eigenvalue weighted by Gasteiger charge is -2.24. The van der Waals surface area contributed by atoms with E-state index in [1.165, 1.54) is 20.2 Å². The summed E-state index contributed by atoms with van der Waals surface area (Å²) in [4.78, 5) is 15.5. The van der Waals surface area contributed by atoms with E-state index in [9.17, 15) is 13.2 Å². The Morgan fingerprint density at radius 2 is 1.88 bits per heavy atom. The van der Waals surface area contributed by atoms with Gasteiger partial charge in [0.2, 0.25) is 10.0 Å². The molecule has 24 heavy (non-hydrogen) atoms. The van der Waals surface area contributed by atoms with Gasteiger partial charge in [-0.15, -0.1) is 11.3 Å². The molecule has 0 fully saturated rings. The van der Waals surface area contributed by atoms with E-state index in [2.05, 4.69) is 15.9 Å². The Hall–Kier alpha value is -1.22. The van der Waals surface area contributed by atoms with Crippen molar-refractivity contribution in [1.82, 2.24) is 9.21 Å². The molecule has 0 saturated heterocycles. The summed E-state index contributed by atoms with van der Waals surface area (Å²) in [5, 5.41) is 1.96. The zero-order valence-electron chi connectivity index (χ0n) is 13.9. The van der Waals surface area contributed by atoms with Crippen LogP contribution in [0.25, 0.3) is 0 Å². The summed E-state index contributed by atoms with van der Waals surface area (Å²) in [6, 6.07) is 8.46. The van der Waals surface area contributed by atoms with E-state index in [0.29, 0.717) is 10.0 Å². The van der Waals surface area contributed by atoms with Crippen LogP contribution < -0.4 is 0 Å². The first-order valence-corrected chi connectivity index (χ1v) is 10.3. The Bertz CT molecular complexity index is 833. The summed E-state index contributed by atoms with van der Waals surface area (Å²) < 4.78 is 26.3. The van der Waals surface area contributed by atoms with Crippen molar-refractivity contribution in [3.8, 4) is 0 Å². The maximum atomic E-state index is 12.7. The molecule has 1 atom stereocenters. The summed E-state index contributed by atoms with van der Waals surface area (Å²) in [6.45, 7) is 1.94. The van der Waals surface area contributed by atoms with Gasteiger partial charge < -0.3 is 4.90 Å². The van der Waals surface area contributed by atoms with Gasteiger partial charge in [-0.3, -0.25) is 4.79 Å². The predicted octanol–water partition coefficient (Wildman–Crippen LogP) is 3.59. The highest BCUT2D eigenvalue weighted by Crippen LogP contribution is 2.28. The number of carbonyl (C=O) groups is 1. The molecule has 0 N–H and O–H groups in total. The lowest BCUT2D eigenvalue weighted by atomic mass is 10.1. The summed E-state index contributed by atoms with van der Waals surface area (Å²) >= 11 is 4.83. The number of carbonyl (C=O) groups excluding carboxylic acids is 1. The fraction of sp³-hybridized carbons (Fsp3) is 0.312. The molecule has 0 aliphatic heterocycles. The summed E-state index contributed by atoms with van der Waals surface area (Å²) in [6.07, 6.45) is 0. The van der Waals surface area contributed by atoms with Crippen LogP contribution in [-0.2, 0) is 10.0 Å². The van der Waals surface area contributed by atoms with Gasteiger partial charge in [0, 0.05) is 36.1 Å². The van der Waals surface area contributed by atoms with Gasteiger partial charge in [0.15, 0.2) is 0 Å². The molecular weight excluding hydrogens is 412 g/mol. The number of halogens is 1. The molecule has 0 spiro atoms. The average Bonchev–Trinajstić information content (AvgIpc) is 3.07. The SMILES string of the molecule is CC(c1cccs1)N(C)C(=O)c1ccc(Br)c(S(=O)(=O)N(C)C)c1. The fourth-order valence-electron chi connectivity index (χ4n) is 2.13. The average molecular weight is 431 g/mol. The van der Waals surface area contributed by atoms with Crippen molar-refractivity contribution in [3.63, 3.8) is 0 Å². The summed E-state index contributed by atoms with van der Waals surface area (Å²) in [7, 11) is 1.00. The molecule has 8 heteroatoms. The molecule has 0 radical (unpaired) electrons. The first kappa shape index (κ1) is 19.1. The molecule has 1 aromatic heterocycles. The van der Waals surface area contributed by atoms with Gasteiger partial charge in [0.05, 0.1) is 10.9 Å². The maximum absolute atomic E-state index is 12.7. The molecule has 1 heterocycles. The van der Waals surface area contributed by atoms with Gasteiger partial charge >= 0.3 is 0 Å². The predicted molar refractivity (Wildman–Crippen MR) is 99.8 cm³/mol. The Kier molecular flexibility index (Phi) is 5.85. The molecule has 0 saturated carbocycles. The first-order chi connectivity index (χ1) is 11.2. The van der Waals surface area contributed by atoms with E-state index in [1.807, 2.05) is 24.4 Å². The second-order valence-electron chi connectivity index (χ2n) is 5.54. The number of nitrogens with zero attached hydrogens (tertiary/aromatic N) is 2. The largest absolute Gasteiger partial charge is 0.334 e. The Balaban J connectivity index is 2.37. The lowest BCUT2D eigenvalue weighted by Crippen LogP contribution is -2.29. The third kappa shape index (κ3) is 3.72. The van der Waals surface area contributed by atoms with Crippen LogP contribution in [0.2, 0.25) is 0 Å². The minimum atomic E-state index is -3.63. The van der Waals surface area contributed by atoms with Crippen molar-refractivity contribution in [2.24, 2.45) is 0 Å². The third-order valence-corrected chi connectivity index (χ3v) is 7.64. The summed E-state index contributed by atoms with van der Waals surface area (Å²) in [5.74, 6) is -0.224. The van der Waals surface area contributed by atoms with Crippen LogP contribution in [-0.4, -0.2) is 44.7 Å². The molecule has 1 amide bonds. The van der Waals surface area contributed by atoms with Crippen LogP contribution in [0.5, 0.6) is 0 Å². The van der Waals surface area contributed by atoms with E-state index in [1.54, 1.807) is 35.4 Å². The van der Waals surface area contributed by atoms with Gasteiger partial charge in [-0.1, -0.05) is 6.07 Å². The van der Waals surface area contributed by atoms with Crippen molar-refractivity contribution >= 4 is 43.2 Å². The van der Waals surface area contributed by atoms with Crippen LogP contribution in [0.15, 0.2) is 45.1 Å². The van der Waals surface area contributed by atoms with Crippen molar-refractivity contribution < 1.29 is 13.2 Å². The topological polar surface area (TPSA) is 57.7 Å². The number of benzene rings is 1. The van der Waals surface area contributed by atoms with Gasteiger partial charge in [-0.25, -0.2) is 12.7 Å². The van der Waals surface area contributed by atoms with Crippen molar-refractivity contribution in [3.05, 3.63) is 50.6 Å². The number of rotatable bonds is 5. The molecule has 130 valence electrons. The molecule has 0 bridgehead atoms.